The molecule has 6 heteroatoms. The van der Waals surface area contributed by atoms with E-state index in [1.807, 2.05) is 18.2 Å². The van der Waals surface area contributed by atoms with Gasteiger partial charge in [0.25, 0.3) is 0 Å². The molecule has 2 aromatic heterocycles. The second-order valence-electron chi connectivity index (χ2n) is 4.36. The average Bonchev–Trinajstić information content (AvgIpc) is 2.51. The topological polar surface area (TPSA) is 75.1 Å². The van der Waals surface area contributed by atoms with Gasteiger partial charge in [-0.05, 0) is 36.4 Å². The van der Waals surface area contributed by atoms with Crippen LogP contribution in [0.5, 0.6) is 0 Å². The lowest BCUT2D eigenvalue weighted by atomic mass is 10.2. The van der Waals surface area contributed by atoms with Gasteiger partial charge in [-0.1, -0.05) is 11.6 Å². The minimum absolute atomic E-state index is 0.000334. The van der Waals surface area contributed by atoms with Gasteiger partial charge in [-0.2, -0.15) is 0 Å². The molecule has 0 aliphatic carbocycles. The summed E-state index contributed by atoms with van der Waals surface area (Å²) < 4.78 is 0. The fraction of sp³-hybridized carbons (Fsp3) is 0. The second kappa shape index (κ2) is 5.38. The second-order valence-corrected chi connectivity index (χ2v) is 4.76. The van der Waals surface area contributed by atoms with Crippen molar-refractivity contribution in [1.29, 1.82) is 0 Å². The summed E-state index contributed by atoms with van der Waals surface area (Å²) in [6.45, 7) is 0. The number of hydrogen-bond acceptors (Lipinski definition) is 4. The monoisotopic (exact) mass is 299 g/mol. The highest BCUT2D eigenvalue weighted by molar-refractivity contribution is 6.35. The molecule has 104 valence electrons. The number of fused-ring (bicyclic) bond motifs is 1. The smallest absolute Gasteiger partial charge is 0.354 e. The van der Waals surface area contributed by atoms with E-state index in [0.717, 1.165) is 16.6 Å². The van der Waals surface area contributed by atoms with E-state index in [2.05, 4.69) is 15.3 Å². The number of carbonyl (C=O) groups is 1. The molecule has 0 fully saturated rings. The predicted molar refractivity (Wildman–Crippen MR) is 81.2 cm³/mol. The number of anilines is 2. The number of hydrogen-bond donors (Lipinski definition) is 2. The Labute approximate surface area is 125 Å². The summed E-state index contributed by atoms with van der Waals surface area (Å²) in [7, 11) is 0. The molecule has 0 unspecified atom stereocenters. The summed E-state index contributed by atoms with van der Waals surface area (Å²) in [5, 5.41) is 13.5. The van der Waals surface area contributed by atoms with Gasteiger partial charge < -0.3 is 10.4 Å². The van der Waals surface area contributed by atoms with Crippen LogP contribution in [0.15, 0.2) is 48.8 Å². The van der Waals surface area contributed by atoms with Crippen LogP contribution in [0, 0.1) is 0 Å². The van der Waals surface area contributed by atoms with Crippen molar-refractivity contribution < 1.29 is 9.90 Å². The molecular formula is C15H10ClN3O2. The highest BCUT2D eigenvalue weighted by Gasteiger charge is 2.07. The SMILES string of the molecule is O=C(O)c1ccc(Nc2ccc(Cl)c3cccnc23)cn1. The molecule has 3 aromatic rings. The summed E-state index contributed by atoms with van der Waals surface area (Å²) in [5.41, 5.74) is 2.20. The van der Waals surface area contributed by atoms with Crippen LogP contribution in [0.25, 0.3) is 10.9 Å². The van der Waals surface area contributed by atoms with Crippen molar-refractivity contribution >= 4 is 39.8 Å². The first-order valence-electron chi connectivity index (χ1n) is 6.15. The first-order chi connectivity index (χ1) is 10.1. The summed E-state index contributed by atoms with van der Waals surface area (Å²) in [5.74, 6) is -1.06. The Balaban J connectivity index is 1.98. The number of pyridine rings is 2. The number of halogens is 1. The Bertz CT molecular complexity index is 819. The van der Waals surface area contributed by atoms with E-state index in [9.17, 15) is 4.79 Å². The van der Waals surface area contributed by atoms with E-state index in [0.29, 0.717) is 10.7 Å². The summed E-state index contributed by atoms with van der Waals surface area (Å²) in [4.78, 5) is 19.0. The zero-order chi connectivity index (χ0) is 14.8. The average molecular weight is 300 g/mol. The highest BCUT2D eigenvalue weighted by Crippen LogP contribution is 2.29. The van der Waals surface area contributed by atoms with Crippen LogP contribution in [0.4, 0.5) is 11.4 Å². The molecule has 0 spiro atoms. The third-order valence-corrected chi connectivity index (χ3v) is 3.31. The van der Waals surface area contributed by atoms with E-state index < -0.39 is 5.97 Å². The number of aromatic carboxylic acids is 1. The first kappa shape index (κ1) is 13.3. The zero-order valence-corrected chi connectivity index (χ0v) is 11.5. The summed E-state index contributed by atoms with van der Waals surface area (Å²) in [6.07, 6.45) is 3.16. The van der Waals surface area contributed by atoms with Gasteiger partial charge >= 0.3 is 5.97 Å². The van der Waals surface area contributed by atoms with Gasteiger partial charge in [0.15, 0.2) is 0 Å². The number of aromatic nitrogens is 2. The molecular weight excluding hydrogens is 290 g/mol. The van der Waals surface area contributed by atoms with Crippen molar-refractivity contribution in [3.05, 3.63) is 59.5 Å². The quantitative estimate of drug-likeness (QED) is 0.771. The third kappa shape index (κ3) is 2.64. The molecule has 0 saturated carbocycles. The zero-order valence-electron chi connectivity index (χ0n) is 10.7. The first-order valence-corrected chi connectivity index (χ1v) is 6.52. The summed E-state index contributed by atoms with van der Waals surface area (Å²) in [6, 6.07) is 10.4. The number of nitrogens with one attached hydrogen (secondary N) is 1. The van der Waals surface area contributed by atoms with Crippen molar-refractivity contribution in [2.45, 2.75) is 0 Å². The fourth-order valence-electron chi connectivity index (χ4n) is 1.99. The van der Waals surface area contributed by atoms with Crippen molar-refractivity contribution in [3.63, 3.8) is 0 Å². The van der Waals surface area contributed by atoms with Gasteiger partial charge in [0.1, 0.15) is 5.69 Å². The minimum Gasteiger partial charge on any atom is -0.477 e. The lowest BCUT2D eigenvalue weighted by Gasteiger charge is -2.10. The molecule has 0 amide bonds. The van der Waals surface area contributed by atoms with E-state index in [1.54, 1.807) is 18.3 Å². The number of carboxylic acid groups (broad SMARTS) is 1. The van der Waals surface area contributed by atoms with E-state index in [4.69, 9.17) is 16.7 Å². The van der Waals surface area contributed by atoms with Gasteiger partial charge in [0.05, 0.1) is 28.1 Å². The van der Waals surface area contributed by atoms with Crippen LogP contribution in [-0.4, -0.2) is 21.0 Å². The maximum Gasteiger partial charge on any atom is 0.354 e. The molecule has 2 N–H and O–H groups in total. The molecule has 0 aliphatic heterocycles. The van der Waals surface area contributed by atoms with Crippen LogP contribution in [0.3, 0.4) is 0 Å². The third-order valence-electron chi connectivity index (χ3n) is 2.98. The largest absolute Gasteiger partial charge is 0.477 e. The fourth-order valence-corrected chi connectivity index (χ4v) is 2.20. The van der Waals surface area contributed by atoms with Gasteiger partial charge in [-0.25, -0.2) is 9.78 Å². The normalized spacial score (nSPS) is 10.5. The van der Waals surface area contributed by atoms with Gasteiger partial charge in [0.2, 0.25) is 0 Å². The molecule has 2 heterocycles. The lowest BCUT2D eigenvalue weighted by molar-refractivity contribution is 0.0690. The lowest BCUT2D eigenvalue weighted by Crippen LogP contribution is -2.00. The molecule has 5 nitrogen and oxygen atoms in total. The van der Waals surface area contributed by atoms with Gasteiger partial charge in [-0.15, -0.1) is 0 Å². The number of rotatable bonds is 3. The van der Waals surface area contributed by atoms with Crippen LogP contribution >= 0.6 is 11.6 Å². The Morgan fingerprint density at radius 2 is 2.00 bits per heavy atom. The molecule has 0 saturated heterocycles. The molecule has 0 aliphatic rings. The van der Waals surface area contributed by atoms with Crippen molar-refractivity contribution in [2.75, 3.05) is 5.32 Å². The molecule has 0 atom stereocenters. The maximum absolute atomic E-state index is 10.8. The van der Waals surface area contributed by atoms with Crippen molar-refractivity contribution in [2.24, 2.45) is 0 Å². The molecule has 21 heavy (non-hydrogen) atoms. The van der Waals surface area contributed by atoms with Crippen molar-refractivity contribution in [1.82, 2.24) is 9.97 Å². The Hall–Kier alpha value is -2.66. The predicted octanol–water partition coefficient (Wildman–Crippen LogP) is 3.73. The number of benzene rings is 1. The van der Waals surface area contributed by atoms with Crippen LogP contribution in [0.2, 0.25) is 5.02 Å². The highest BCUT2D eigenvalue weighted by atomic mass is 35.5. The molecule has 0 bridgehead atoms. The Kier molecular flexibility index (Phi) is 3.41. The Morgan fingerprint density at radius 1 is 1.14 bits per heavy atom. The number of carboxylic acids is 1. The maximum atomic E-state index is 10.8. The van der Waals surface area contributed by atoms with Crippen LogP contribution in [0.1, 0.15) is 10.5 Å². The molecule has 3 rings (SSSR count). The summed E-state index contributed by atoms with van der Waals surface area (Å²) >= 11 is 6.14. The van der Waals surface area contributed by atoms with E-state index in [1.165, 1.54) is 12.3 Å². The van der Waals surface area contributed by atoms with Crippen LogP contribution in [-0.2, 0) is 0 Å². The Morgan fingerprint density at radius 3 is 2.71 bits per heavy atom. The van der Waals surface area contributed by atoms with Crippen LogP contribution < -0.4 is 5.32 Å². The van der Waals surface area contributed by atoms with Gasteiger partial charge in [-0.3, -0.25) is 4.98 Å². The minimum atomic E-state index is -1.06. The number of nitrogens with zero attached hydrogens (tertiary/aromatic N) is 2. The van der Waals surface area contributed by atoms with Gasteiger partial charge in [0, 0.05) is 11.6 Å². The van der Waals surface area contributed by atoms with Crippen molar-refractivity contribution in [3.8, 4) is 0 Å². The molecule has 1 aromatic carbocycles. The van der Waals surface area contributed by atoms with E-state index in [-0.39, 0.29) is 5.69 Å². The molecule has 0 radical (unpaired) electrons. The van der Waals surface area contributed by atoms with E-state index >= 15 is 0 Å². The standard InChI is InChI=1S/C15H10ClN3O2/c16-11-4-6-12(14-10(11)2-1-7-17-14)19-9-3-5-13(15(20)21)18-8-9/h1-8,19H,(H,20,21).